The quantitative estimate of drug-likeness (QED) is 0.312. The Kier molecular flexibility index (Phi) is 7.34. The summed E-state index contributed by atoms with van der Waals surface area (Å²) in [6.45, 7) is 8.07. The van der Waals surface area contributed by atoms with Gasteiger partial charge in [-0.25, -0.2) is 4.79 Å². The van der Waals surface area contributed by atoms with E-state index in [1.807, 2.05) is 27.7 Å². The van der Waals surface area contributed by atoms with Crippen LogP contribution in [0.1, 0.15) is 50.0 Å². The highest BCUT2D eigenvalue weighted by atomic mass is 16.5. The van der Waals surface area contributed by atoms with Crippen LogP contribution >= 0.6 is 0 Å². The van der Waals surface area contributed by atoms with E-state index in [4.69, 9.17) is 20.1 Å². The number of phenolic OH excluding ortho intramolecular Hbond substituents is 5. The van der Waals surface area contributed by atoms with Gasteiger partial charge in [-0.05, 0) is 42.2 Å². The van der Waals surface area contributed by atoms with E-state index in [9.17, 15) is 15.0 Å². The van der Waals surface area contributed by atoms with Crippen molar-refractivity contribution in [1.82, 2.24) is 0 Å². The molecule has 0 saturated carbocycles. The van der Waals surface area contributed by atoms with Crippen LogP contribution in [0.2, 0.25) is 0 Å². The molecule has 0 amide bonds. The van der Waals surface area contributed by atoms with E-state index in [0.29, 0.717) is 6.42 Å². The highest BCUT2D eigenvalue weighted by molar-refractivity contribution is 5.91. The Morgan fingerprint density at radius 2 is 1.48 bits per heavy atom. The van der Waals surface area contributed by atoms with Crippen LogP contribution in [0.25, 0.3) is 0 Å². The van der Waals surface area contributed by atoms with Crippen LogP contribution in [0.3, 0.4) is 0 Å². The van der Waals surface area contributed by atoms with Gasteiger partial charge in [0.05, 0.1) is 12.2 Å². The Bertz CT molecular complexity index is 768. The molecule has 7 nitrogen and oxygen atoms in total. The minimum atomic E-state index is -0.651. The normalized spacial score (nSPS) is 10.7. The zero-order valence-electron chi connectivity index (χ0n) is 15.9. The molecule has 0 aromatic heterocycles. The number of aromatic hydroxyl groups is 5. The fraction of sp³-hybridized carbons (Fsp3) is 0.350. The lowest BCUT2D eigenvalue weighted by atomic mass is 9.86. The molecule has 5 N–H and O–H groups in total. The van der Waals surface area contributed by atoms with Crippen molar-refractivity contribution in [2.24, 2.45) is 0 Å². The molecule has 0 aliphatic heterocycles. The number of benzene rings is 2. The van der Waals surface area contributed by atoms with Gasteiger partial charge in [-0.1, -0.05) is 27.7 Å². The summed E-state index contributed by atoms with van der Waals surface area (Å²) in [5, 5.41) is 46.0. The molecule has 0 aliphatic carbocycles. The molecule has 2 aromatic rings. The van der Waals surface area contributed by atoms with Crippen molar-refractivity contribution in [3.05, 3.63) is 41.5 Å². The summed E-state index contributed by atoms with van der Waals surface area (Å²) in [6.07, 6.45) is 0.682. The fourth-order valence-electron chi connectivity index (χ4n) is 2.12. The van der Waals surface area contributed by atoms with Crippen molar-refractivity contribution in [1.29, 1.82) is 0 Å². The van der Waals surface area contributed by atoms with Gasteiger partial charge < -0.3 is 30.3 Å². The van der Waals surface area contributed by atoms with Crippen molar-refractivity contribution >= 4 is 5.97 Å². The van der Waals surface area contributed by atoms with Gasteiger partial charge in [-0.2, -0.15) is 0 Å². The monoisotopic (exact) mass is 378 g/mol. The average Bonchev–Trinajstić information content (AvgIpc) is 2.58. The highest BCUT2D eigenvalue weighted by Crippen LogP contribution is 2.35. The average molecular weight is 378 g/mol. The van der Waals surface area contributed by atoms with Gasteiger partial charge in [-0.15, -0.1) is 0 Å². The van der Waals surface area contributed by atoms with Crippen LogP contribution in [0.15, 0.2) is 30.3 Å². The van der Waals surface area contributed by atoms with Crippen LogP contribution in [-0.2, 0) is 10.2 Å². The number of hydrogen-bond donors (Lipinski definition) is 5. The molecule has 0 unspecified atom stereocenters. The lowest BCUT2D eigenvalue weighted by Gasteiger charge is -2.20. The maximum absolute atomic E-state index is 11.3. The first-order valence-electron chi connectivity index (χ1n) is 8.41. The number of ether oxygens (including phenoxy) is 1. The standard InChI is InChI=1S/C10H12O5.C10H14O2/c1-2-3-15-10(14)6-4-7(11)9(13)8(12)5-6;1-10(2,3)8-6-7(11)4-5-9(8)12/h4-5,11-13H,2-3H2,1H3;4-6,11-12H,1-3H3. The number of carbonyl (C=O) groups is 1. The van der Waals surface area contributed by atoms with Crippen LogP contribution in [0, 0.1) is 0 Å². The van der Waals surface area contributed by atoms with Gasteiger partial charge in [0, 0.05) is 5.56 Å². The summed E-state index contributed by atoms with van der Waals surface area (Å²) in [5.41, 5.74) is 0.627. The first-order valence-corrected chi connectivity index (χ1v) is 8.41. The summed E-state index contributed by atoms with van der Waals surface area (Å²) in [5.74, 6) is -1.99. The third-order valence-electron chi connectivity index (χ3n) is 3.53. The van der Waals surface area contributed by atoms with Gasteiger partial charge in [0.1, 0.15) is 11.5 Å². The summed E-state index contributed by atoms with van der Waals surface area (Å²) in [6, 6.07) is 6.65. The zero-order valence-corrected chi connectivity index (χ0v) is 15.9. The molecule has 0 saturated heterocycles. The number of phenols is 5. The van der Waals surface area contributed by atoms with Crippen molar-refractivity contribution < 1.29 is 35.1 Å². The minimum absolute atomic E-state index is 0.00347. The predicted octanol–water partition coefficient (Wildman–Crippen LogP) is 3.77. The van der Waals surface area contributed by atoms with Crippen molar-refractivity contribution in [3.8, 4) is 28.7 Å². The second kappa shape index (κ2) is 9.02. The zero-order chi connectivity index (χ0) is 20.8. The second-order valence-corrected chi connectivity index (χ2v) is 6.95. The molecule has 27 heavy (non-hydrogen) atoms. The number of hydrogen-bond acceptors (Lipinski definition) is 7. The van der Waals surface area contributed by atoms with Crippen LogP contribution in [0.4, 0.5) is 0 Å². The first kappa shape index (κ1) is 22.0. The Labute approximate surface area is 158 Å². The van der Waals surface area contributed by atoms with Gasteiger partial charge in [-0.3, -0.25) is 0 Å². The molecule has 0 bridgehead atoms. The van der Waals surface area contributed by atoms with E-state index < -0.39 is 23.2 Å². The third kappa shape index (κ3) is 6.29. The van der Waals surface area contributed by atoms with Gasteiger partial charge in [0.25, 0.3) is 0 Å². The van der Waals surface area contributed by atoms with E-state index in [-0.39, 0.29) is 29.1 Å². The molecular weight excluding hydrogens is 352 g/mol. The summed E-state index contributed by atoms with van der Waals surface area (Å²) in [4.78, 5) is 11.3. The van der Waals surface area contributed by atoms with Crippen molar-refractivity contribution in [2.75, 3.05) is 6.61 Å². The molecular formula is C20H26O7. The smallest absolute Gasteiger partial charge is 0.338 e. The number of esters is 1. The third-order valence-corrected chi connectivity index (χ3v) is 3.53. The molecule has 0 aliphatic rings. The van der Waals surface area contributed by atoms with Crippen LogP contribution in [-0.4, -0.2) is 38.1 Å². The van der Waals surface area contributed by atoms with Crippen molar-refractivity contribution in [3.63, 3.8) is 0 Å². The summed E-state index contributed by atoms with van der Waals surface area (Å²) < 4.78 is 4.78. The SMILES string of the molecule is CC(C)(C)c1cc(O)ccc1O.CCCOC(=O)c1cc(O)c(O)c(O)c1. The molecule has 0 spiro atoms. The van der Waals surface area contributed by atoms with Crippen molar-refractivity contribution in [2.45, 2.75) is 39.5 Å². The molecule has 0 radical (unpaired) electrons. The molecule has 0 atom stereocenters. The van der Waals surface area contributed by atoms with E-state index in [2.05, 4.69) is 0 Å². The largest absolute Gasteiger partial charge is 0.508 e. The van der Waals surface area contributed by atoms with Gasteiger partial charge >= 0.3 is 5.97 Å². The van der Waals surface area contributed by atoms with Gasteiger partial charge in [0.15, 0.2) is 17.2 Å². The van der Waals surface area contributed by atoms with Gasteiger partial charge in [0.2, 0.25) is 0 Å². The van der Waals surface area contributed by atoms with E-state index in [1.54, 1.807) is 6.07 Å². The lowest BCUT2D eigenvalue weighted by Crippen LogP contribution is -2.10. The Hall–Kier alpha value is -3.09. The topological polar surface area (TPSA) is 127 Å². The fourth-order valence-corrected chi connectivity index (χ4v) is 2.12. The maximum Gasteiger partial charge on any atom is 0.338 e. The summed E-state index contributed by atoms with van der Waals surface area (Å²) in [7, 11) is 0. The predicted molar refractivity (Wildman–Crippen MR) is 100 cm³/mol. The Morgan fingerprint density at radius 3 is 1.93 bits per heavy atom. The molecule has 0 heterocycles. The lowest BCUT2D eigenvalue weighted by molar-refractivity contribution is 0.0504. The molecule has 2 rings (SSSR count). The summed E-state index contributed by atoms with van der Waals surface area (Å²) >= 11 is 0. The number of rotatable bonds is 3. The number of carbonyl (C=O) groups excluding carboxylic acids is 1. The van der Waals surface area contributed by atoms with Crippen LogP contribution in [0.5, 0.6) is 28.7 Å². The molecule has 7 heteroatoms. The minimum Gasteiger partial charge on any atom is -0.508 e. The second-order valence-electron chi connectivity index (χ2n) is 6.95. The van der Waals surface area contributed by atoms with E-state index in [0.717, 1.165) is 17.7 Å². The molecule has 148 valence electrons. The molecule has 0 fully saturated rings. The van der Waals surface area contributed by atoms with E-state index in [1.165, 1.54) is 12.1 Å². The van der Waals surface area contributed by atoms with Crippen LogP contribution < -0.4 is 0 Å². The Morgan fingerprint density at radius 1 is 0.926 bits per heavy atom. The highest BCUT2D eigenvalue weighted by Gasteiger charge is 2.18. The maximum atomic E-state index is 11.3. The van der Waals surface area contributed by atoms with E-state index >= 15 is 0 Å². The first-order chi connectivity index (χ1) is 12.5. The Balaban J connectivity index is 0.000000277. The molecule has 2 aromatic carbocycles.